The second-order valence-electron chi connectivity index (χ2n) is 4.24. The minimum atomic E-state index is -0.217. The molecular formula is C16H13ClN2O2. The Labute approximate surface area is 127 Å². The topological polar surface area (TPSA) is 62.2 Å². The monoisotopic (exact) mass is 300 g/mol. The number of halogens is 1. The number of hydrogen-bond donors (Lipinski definition) is 2. The second-order valence-corrected chi connectivity index (χ2v) is 4.65. The number of carbonyl (C=O) groups excluding carboxylic acids is 1. The predicted molar refractivity (Wildman–Crippen MR) is 82.0 cm³/mol. The van der Waals surface area contributed by atoms with Crippen LogP contribution < -0.4 is 5.32 Å². The minimum absolute atomic E-state index is 0.183. The van der Waals surface area contributed by atoms with E-state index in [-0.39, 0.29) is 18.9 Å². The molecule has 1 aromatic heterocycles. The van der Waals surface area contributed by atoms with E-state index < -0.39 is 0 Å². The van der Waals surface area contributed by atoms with E-state index in [1.54, 1.807) is 36.7 Å². The standard InChI is InChI=1S/C16H13ClN2O2/c17-14-6-5-12(4-2-8-20)9-15(14)19-16(21)10-13-3-1-7-18-11-13/h1,3,5-7,9,11,20H,8,10H2,(H,19,21). The molecule has 106 valence electrons. The molecule has 1 aromatic carbocycles. The highest BCUT2D eigenvalue weighted by molar-refractivity contribution is 6.33. The summed E-state index contributed by atoms with van der Waals surface area (Å²) in [5, 5.41) is 11.9. The number of aliphatic hydroxyl groups is 1. The van der Waals surface area contributed by atoms with Crippen LogP contribution in [0.4, 0.5) is 5.69 Å². The van der Waals surface area contributed by atoms with E-state index in [0.717, 1.165) is 5.56 Å². The molecule has 0 fully saturated rings. The van der Waals surface area contributed by atoms with Gasteiger partial charge in [0.05, 0.1) is 17.1 Å². The Hall–Kier alpha value is -2.35. The minimum Gasteiger partial charge on any atom is -0.384 e. The van der Waals surface area contributed by atoms with Crippen molar-refractivity contribution in [2.24, 2.45) is 0 Å². The van der Waals surface area contributed by atoms with E-state index in [2.05, 4.69) is 22.1 Å². The Morgan fingerprint density at radius 2 is 2.24 bits per heavy atom. The average molecular weight is 301 g/mol. The molecule has 0 aliphatic rings. The van der Waals surface area contributed by atoms with Gasteiger partial charge in [-0.05, 0) is 29.8 Å². The van der Waals surface area contributed by atoms with Crippen LogP contribution in [0, 0.1) is 11.8 Å². The third kappa shape index (κ3) is 4.60. The van der Waals surface area contributed by atoms with E-state index in [9.17, 15) is 4.79 Å². The largest absolute Gasteiger partial charge is 0.384 e. The molecule has 0 aliphatic carbocycles. The fourth-order valence-corrected chi connectivity index (χ4v) is 1.89. The van der Waals surface area contributed by atoms with Gasteiger partial charge in [0.25, 0.3) is 0 Å². The van der Waals surface area contributed by atoms with Crippen LogP contribution in [0.2, 0.25) is 5.02 Å². The molecule has 1 amide bonds. The Morgan fingerprint density at radius 1 is 1.38 bits per heavy atom. The number of anilines is 1. The number of benzene rings is 1. The third-order valence-corrected chi connectivity index (χ3v) is 2.97. The number of pyridine rings is 1. The number of aromatic nitrogens is 1. The van der Waals surface area contributed by atoms with Crippen molar-refractivity contribution in [1.29, 1.82) is 0 Å². The molecule has 4 nitrogen and oxygen atoms in total. The maximum absolute atomic E-state index is 12.0. The van der Waals surface area contributed by atoms with Gasteiger partial charge in [-0.25, -0.2) is 0 Å². The summed E-state index contributed by atoms with van der Waals surface area (Å²) in [6.07, 6.45) is 3.52. The van der Waals surface area contributed by atoms with E-state index in [4.69, 9.17) is 16.7 Å². The van der Waals surface area contributed by atoms with Crippen LogP contribution in [-0.2, 0) is 11.2 Å². The SMILES string of the molecule is O=C(Cc1cccnc1)Nc1cc(C#CCO)ccc1Cl. The van der Waals surface area contributed by atoms with Crippen LogP contribution in [0.5, 0.6) is 0 Å². The zero-order valence-corrected chi connectivity index (χ0v) is 11.9. The Balaban J connectivity index is 2.09. The van der Waals surface area contributed by atoms with Gasteiger partial charge in [-0.3, -0.25) is 9.78 Å². The molecule has 0 bridgehead atoms. The number of rotatable bonds is 3. The number of carbonyl (C=O) groups is 1. The lowest BCUT2D eigenvalue weighted by Gasteiger charge is -2.07. The summed E-state index contributed by atoms with van der Waals surface area (Å²) in [6.45, 7) is -0.217. The first kappa shape index (κ1) is 15.0. The van der Waals surface area contributed by atoms with E-state index in [1.807, 2.05) is 6.07 Å². The van der Waals surface area contributed by atoms with Crippen LogP contribution in [0.15, 0.2) is 42.7 Å². The lowest BCUT2D eigenvalue weighted by molar-refractivity contribution is -0.115. The maximum atomic E-state index is 12.0. The normalized spacial score (nSPS) is 9.62. The van der Waals surface area contributed by atoms with Crippen LogP contribution >= 0.6 is 11.6 Å². The molecule has 0 saturated heterocycles. The van der Waals surface area contributed by atoms with Crippen molar-refractivity contribution < 1.29 is 9.90 Å². The van der Waals surface area contributed by atoms with Gasteiger partial charge in [0, 0.05) is 18.0 Å². The predicted octanol–water partition coefficient (Wildman–Crippen LogP) is 2.26. The zero-order chi connectivity index (χ0) is 15.1. The van der Waals surface area contributed by atoms with Crippen molar-refractivity contribution >= 4 is 23.2 Å². The molecule has 0 spiro atoms. The molecule has 2 N–H and O–H groups in total. The first-order chi connectivity index (χ1) is 10.2. The van der Waals surface area contributed by atoms with Gasteiger partial charge in [0.2, 0.25) is 5.91 Å². The molecule has 1 heterocycles. The molecular weight excluding hydrogens is 288 g/mol. The quantitative estimate of drug-likeness (QED) is 0.855. The highest BCUT2D eigenvalue weighted by atomic mass is 35.5. The number of nitrogens with zero attached hydrogens (tertiary/aromatic N) is 1. The van der Waals surface area contributed by atoms with Crippen LogP contribution in [-0.4, -0.2) is 22.6 Å². The summed E-state index contributed by atoms with van der Waals surface area (Å²) in [5.74, 6) is 5.13. The summed E-state index contributed by atoms with van der Waals surface area (Å²) in [4.78, 5) is 15.9. The average Bonchev–Trinajstić information content (AvgIpc) is 2.49. The van der Waals surface area contributed by atoms with Gasteiger partial charge in [0.1, 0.15) is 6.61 Å². The first-order valence-electron chi connectivity index (χ1n) is 6.27. The van der Waals surface area contributed by atoms with E-state index in [0.29, 0.717) is 16.3 Å². The smallest absolute Gasteiger partial charge is 0.228 e. The third-order valence-electron chi connectivity index (χ3n) is 2.64. The molecule has 0 radical (unpaired) electrons. The summed E-state index contributed by atoms with van der Waals surface area (Å²) >= 11 is 6.05. The van der Waals surface area contributed by atoms with Gasteiger partial charge < -0.3 is 10.4 Å². The van der Waals surface area contributed by atoms with Crippen molar-refractivity contribution in [2.45, 2.75) is 6.42 Å². The Kier molecular flexibility index (Phi) is 5.33. The molecule has 2 aromatic rings. The molecule has 21 heavy (non-hydrogen) atoms. The second kappa shape index (κ2) is 7.44. The number of aliphatic hydroxyl groups excluding tert-OH is 1. The Bertz CT molecular complexity index is 690. The molecule has 0 aliphatic heterocycles. The fourth-order valence-electron chi connectivity index (χ4n) is 1.72. The summed E-state index contributed by atoms with van der Waals surface area (Å²) in [5.41, 5.74) is 1.99. The van der Waals surface area contributed by atoms with Crippen LogP contribution in [0.1, 0.15) is 11.1 Å². The molecule has 5 heteroatoms. The number of amides is 1. The van der Waals surface area contributed by atoms with Crippen molar-refractivity contribution in [2.75, 3.05) is 11.9 Å². The van der Waals surface area contributed by atoms with Crippen LogP contribution in [0.25, 0.3) is 0 Å². The lowest BCUT2D eigenvalue weighted by atomic mass is 10.1. The van der Waals surface area contributed by atoms with Crippen molar-refractivity contribution in [3.63, 3.8) is 0 Å². The maximum Gasteiger partial charge on any atom is 0.228 e. The first-order valence-corrected chi connectivity index (χ1v) is 6.65. The Morgan fingerprint density at radius 3 is 2.95 bits per heavy atom. The highest BCUT2D eigenvalue weighted by Gasteiger charge is 2.07. The van der Waals surface area contributed by atoms with Gasteiger partial charge in [0.15, 0.2) is 0 Å². The number of hydrogen-bond acceptors (Lipinski definition) is 3. The summed E-state index contributed by atoms with van der Waals surface area (Å²) < 4.78 is 0. The van der Waals surface area contributed by atoms with Gasteiger partial charge >= 0.3 is 0 Å². The summed E-state index contributed by atoms with van der Waals surface area (Å²) in [6, 6.07) is 8.66. The molecule has 0 atom stereocenters. The number of nitrogens with one attached hydrogen (secondary N) is 1. The van der Waals surface area contributed by atoms with Gasteiger partial charge in [-0.1, -0.05) is 29.5 Å². The zero-order valence-electron chi connectivity index (χ0n) is 11.1. The van der Waals surface area contributed by atoms with E-state index in [1.165, 1.54) is 0 Å². The summed E-state index contributed by atoms with van der Waals surface area (Å²) in [7, 11) is 0. The lowest BCUT2D eigenvalue weighted by Crippen LogP contribution is -2.14. The molecule has 0 saturated carbocycles. The van der Waals surface area contributed by atoms with Gasteiger partial charge in [-0.15, -0.1) is 0 Å². The highest BCUT2D eigenvalue weighted by Crippen LogP contribution is 2.23. The van der Waals surface area contributed by atoms with E-state index >= 15 is 0 Å². The molecule has 0 unspecified atom stereocenters. The van der Waals surface area contributed by atoms with Crippen molar-refractivity contribution in [3.05, 3.63) is 58.9 Å². The van der Waals surface area contributed by atoms with Crippen molar-refractivity contribution in [3.8, 4) is 11.8 Å². The fraction of sp³-hybridized carbons (Fsp3) is 0.125. The van der Waals surface area contributed by atoms with Gasteiger partial charge in [-0.2, -0.15) is 0 Å². The molecule has 2 rings (SSSR count). The van der Waals surface area contributed by atoms with Crippen molar-refractivity contribution in [1.82, 2.24) is 4.98 Å². The van der Waals surface area contributed by atoms with Crippen LogP contribution in [0.3, 0.4) is 0 Å².